The molecule has 164 valence electrons. The van der Waals surface area contributed by atoms with E-state index in [1.54, 1.807) is 14.2 Å². The van der Waals surface area contributed by atoms with Gasteiger partial charge in [-0.2, -0.15) is 0 Å². The Morgan fingerprint density at radius 2 is 2.00 bits per heavy atom. The largest absolute Gasteiger partial charge is 0.496 e. The first-order valence-corrected chi connectivity index (χ1v) is 11.7. The van der Waals surface area contributed by atoms with Gasteiger partial charge in [0, 0.05) is 6.04 Å². The van der Waals surface area contributed by atoms with Crippen LogP contribution in [0, 0.1) is 0 Å². The van der Waals surface area contributed by atoms with Crippen molar-refractivity contribution in [3.8, 4) is 11.5 Å². The zero-order chi connectivity index (χ0) is 21.2. The molecule has 0 amide bonds. The zero-order valence-electron chi connectivity index (χ0n) is 18.5. The van der Waals surface area contributed by atoms with Gasteiger partial charge in [-0.05, 0) is 98.8 Å². The number of likely N-dealkylation sites (tertiary alicyclic amines) is 1. The second kappa shape index (κ2) is 12.6. The van der Waals surface area contributed by atoms with Gasteiger partial charge < -0.3 is 19.2 Å². The molecule has 2 rings (SSSR count). The monoisotopic (exact) mass is 468 g/mol. The number of ether oxygens (including phenoxy) is 2. The van der Waals surface area contributed by atoms with E-state index in [1.165, 1.54) is 18.4 Å². The summed E-state index contributed by atoms with van der Waals surface area (Å²) >= 11 is 3.53. The molecule has 1 fully saturated rings. The van der Waals surface area contributed by atoms with Crippen LogP contribution in [-0.2, 0) is 11.2 Å². The van der Waals surface area contributed by atoms with Crippen molar-refractivity contribution in [2.75, 3.05) is 40.4 Å². The average Bonchev–Trinajstić information content (AvgIpc) is 2.74. The molecular formula is C23H37BrN2O3. The van der Waals surface area contributed by atoms with Gasteiger partial charge in [0.1, 0.15) is 17.8 Å². The number of nitrogens with zero attached hydrogens (tertiary/aromatic N) is 2. The second-order valence-corrected chi connectivity index (χ2v) is 8.78. The number of methoxy groups -OCH3 is 2. The molecule has 1 aliphatic rings. The van der Waals surface area contributed by atoms with Crippen LogP contribution in [0.4, 0.5) is 0 Å². The summed E-state index contributed by atoms with van der Waals surface area (Å²) in [6.07, 6.45) is 7.79. The lowest BCUT2D eigenvalue weighted by molar-refractivity contribution is -0.113. The lowest BCUT2D eigenvalue weighted by Gasteiger charge is -2.33. The van der Waals surface area contributed by atoms with Crippen molar-refractivity contribution in [1.82, 2.24) is 9.80 Å². The smallest absolute Gasteiger partial charge is 0.137 e. The van der Waals surface area contributed by atoms with E-state index in [0.717, 1.165) is 74.1 Å². The summed E-state index contributed by atoms with van der Waals surface area (Å²) in [7, 11) is 3.41. The number of hydrogen-bond donors (Lipinski definition) is 0. The third-order valence-corrected chi connectivity index (χ3v) is 6.68. The topological polar surface area (TPSA) is 42.0 Å². The summed E-state index contributed by atoms with van der Waals surface area (Å²) in [4.78, 5) is 16.2. The molecule has 1 aliphatic heterocycles. The Labute approximate surface area is 184 Å². The predicted octanol–water partition coefficient (Wildman–Crippen LogP) is 4.55. The summed E-state index contributed by atoms with van der Waals surface area (Å²) in [5, 5.41) is 0. The number of halogens is 1. The summed E-state index contributed by atoms with van der Waals surface area (Å²) in [6.45, 7) is 8.72. The molecule has 0 saturated carbocycles. The quantitative estimate of drug-likeness (QED) is 0.332. The van der Waals surface area contributed by atoms with E-state index in [1.807, 2.05) is 6.07 Å². The molecular weight excluding hydrogens is 432 g/mol. The number of carbonyl (C=O) groups excluding carboxylic acids is 1. The molecule has 2 atom stereocenters. The maximum Gasteiger partial charge on any atom is 0.137 e. The average molecular weight is 469 g/mol. The highest BCUT2D eigenvalue weighted by Crippen LogP contribution is 2.33. The molecule has 6 heteroatoms. The van der Waals surface area contributed by atoms with E-state index in [2.05, 4.69) is 45.6 Å². The van der Waals surface area contributed by atoms with Gasteiger partial charge in [0.2, 0.25) is 0 Å². The maximum atomic E-state index is 11.3. The van der Waals surface area contributed by atoms with Crippen molar-refractivity contribution < 1.29 is 14.3 Å². The molecule has 0 aliphatic carbocycles. The van der Waals surface area contributed by atoms with Gasteiger partial charge in [0.05, 0.1) is 24.7 Å². The number of piperidine rings is 1. The Balaban J connectivity index is 1.87. The summed E-state index contributed by atoms with van der Waals surface area (Å²) in [5.41, 5.74) is 1.17. The van der Waals surface area contributed by atoms with E-state index in [-0.39, 0.29) is 6.04 Å². The summed E-state index contributed by atoms with van der Waals surface area (Å²) < 4.78 is 12.0. The van der Waals surface area contributed by atoms with Gasteiger partial charge in [0.25, 0.3) is 0 Å². The molecule has 0 radical (unpaired) electrons. The van der Waals surface area contributed by atoms with Crippen LogP contribution in [0.1, 0.15) is 51.5 Å². The lowest BCUT2D eigenvalue weighted by Crippen LogP contribution is -2.41. The minimum Gasteiger partial charge on any atom is -0.496 e. The van der Waals surface area contributed by atoms with Crippen LogP contribution in [0.15, 0.2) is 16.6 Å². The molecule has 5 nitrogen and oxygen atoms in total. The number of benzene rings is 1. The highest BCUT2D eigenvalue weighted by atomic mass is 79.9. The van der Waals surface area contributed by atoms with Gasteiger partial charge in [-0.1, -0.05) is 13.3 Å². The zero-order valence-corrected chi connectivity index (χ0v) is 20.0. The predicted molar refractivity (Wildman–Crippen MR) is 122 cm³/mol. The van der Waals surface area contributed by atoms with E-state index in [9.17, 15) is 4.79 Å². The minimum atomic E-state index is 0.143. The van der Waals surface area contributed by atoms with Gasteiger partial charge in [-0.25, -0.2) is 0 Å². The molecule has 1 saturated heterocycles. The Hall–Kier alpha value is -1.11. The van der Waals surface area contributed by atoms with Gasteiger partial charge in [0.15, 0.2) is 0 Å². The van der Waals surface area contributed by atoms with Crippen molar-refractivity contribution in [3.63, 3.8) is 0 Å². The van der Waals surface area contributed by atoms with Crippen molar-refractivity contribution in [2.24, 2.45) is 0 Å². The van der Waals surface area contributed by atoms with Crippen LogP contribution < -0.4 is 9.47 Å². The standard InChI is InChI=1S/C23H37BrN2O3/c1-5-25(11-8-9-13-26-12-7-6-10-20(26)17-27)18(2)14-19-15-23(29-4)21(24)16-22(19)28-3/h15-18,20H,5-14H2,1-4H3. The Morgan fingerprint density at radius 1 is 1.24 bits per heavy atom. The molecule has 2 unspecified atom stereocenters. The summed E-state index contributed by atoms with van der Waals surface area (Å²) in [6, 6.07) is 4.62. The number of unbranched alkanes of at least 4 members (excludes halogenated alkanes) is 1. The molecule has 1 aromatic carbocycles. The Kier molecular flexibility index (Phi) is 10.5. The fourth-order valence-corrected chi connectivity index (χ4v) is 4.78. The van der Waals surface area contributed by atoms with Crippen molar-refractivity contribution in [1.29, 1.82) is 0 Å². The molecule has 1 aromatic rings. The fraction of sp³-hybridized carbons (Fsp3) is 0.696. The third kappa shape index (κ3) is 6.97. The van der Waals surface area contributed by atoms with Gasteiger partial charge >= 0.3 is 0 Å². The van der Waals surface area contributed by atoms with Crippen LogP contribution in [0.5, 0.6) is 11.5 Å². The highest BCUT2D eigenvalue weighted by Gasteiger charge is 2.21. The van der Waals surface area contributed by atoms with Crippen molar-refractivity contribution >= 4 is 22.2 Å². The molecule has 0 aromatic heterocycles. The van der Waals surface area contributed by atoms with Crippen molar-refractivity contribution in [2.45, 2.75) is 64.5 Å². The number of aldehydes is 1. The first-order chi connectivity index (χ1) is 14.0. The van der Waals surface area contributed by atoms with Crippen LogP contribution in [0.2, 0.25) is 0 Å². The second-order valence-electron chi connectivity index (χ2n) is 7.92. The van der Waals surface area contributed by atoms with Crippen LogP contribution >= 0.6 is 15.9 Å². The molecule has 0 N–H and O–H groups in total. The van der Waals surface area contributed by atoms with E-state index >= 15 is 0 Å². The summed E-state index contributed by atoms with van der Waals surface area (Å²) in [5.74, 6) is 1.73. The van der Waals surface area contributed by atoms with E-state index in [4.69, 9.17) is 9.47 Å². The van der Waals surface area contributed by atoms with Crippen LogP contribution in [0.3, 0.4) is 0 Å². The minimum absolute atomic E-state index is 0.143. The Bertz CT molecular complexity index is 641. The van der Waals surface area contributed by atoms with Gasteiger partial charge in [-0.3, -0.25) is 4.90 Å². The first kappa shape index (κ1) is 24.2. The fourth-order valence-electron chi connectivity index (χ4n) is 4.30. The normalized spacial score (nSPS) is 18.6. The lowest BCUT2D eigenvalue weighted by atomic mass is 10.0. The molecule has 0 bridgehead atoms. The SMILES string of the molecule is CCN(CCCCN1CCCCC1C=O)C(C)Cc1cc(OC)c(Br)cc1OC. The van der Waals surface area contributed by atoms with Crippen LogP contribution in [0.25, 0.3) is 0 Å². The van der Waals surface area contributed by atoms with Crippen molar-refractivity contribution in [3.05, 3.63) is 22.2 Å². The van der Waals surface area contributed by atoms with Gasteiger partial charge in [-0.15, -0.1) is 0 Å². The highest BCUT2D eigenvalue weighted by molar-refractivity contribution is 9.10. The number of hydrogen-bond acceptors (Lipinski definition) is 5. The van der Waals surface area contributed by atoms with E-state index < -0.39 is 0 Å². The third-order valence-electron chi connectivity index (χ3n) is 6.06. The molecule has 29 heavy (non-hydrogen) atoms. The van der Waals surface area contributed by atoms with E-state index in [0.29, 0.717) is 6.04 Å². The molecule has 0 spiro atoms. The Morgan fingerprint density at radius 3 is 2.66 bits per heavy atom. The molecule has 1 heterocycles. The van der Waals surface area contributed by atoms with Crippen LogP contribution in [-0.4, -0.2) is 68.6 Å². The number of rotatable bonds is 12. The number of carbonyl (C=O) groups is 1. The first-order valence-electron chi connectivity index (χ1n) is 10.9. The maximum absolute atomic E-state index is 11.3. The number of likely N-dealkylation sites (N-methyl/N-ethyl adjacent to an activating group) is 1.